The second-order valence-corrected chi connectivity index (χ2v) is 12.1. The molecule has 0 saturated carbocycles. The van der Waals surface area contributed by atoms with Crippen LogP contribution in [0.15, 0.2) is 18.9 Å². The van der Waals surface area contributed by atoms with Gasteiger partial charge in [0.2, 0.25) is 0 Å². The van der Waals surface area contributed by atoms with E-state index >= 15 is 0 Å². The maximum atomic E-state index is 12.0. The number of hydrogen-bond donors (Lipinski definition) is 7. The first kappa shape index (κ1) is 27.9. The molecule has 0 bridgehead atoms. The highest BCUT2D eigenvalue weighted by Crippen LogP contribution is 2.66. The number of aliphatic hydroxyl groups excluding tert-OH is 1. The first-order valence-corrected chi connectivity index (χ1v) is 14.8. The Kier molecular flexibility index (Phi) is 7.97. The molecule has 0 radical (unpaired) electrons. The van der Waals surface area contributed by atoms with Gasteiger partial charge in [-0.15, -0.1) is 0 Å². The molecule has 19 nitrogen and oxygen atoms in total. The second kappa shape index (κ2) is 10.6. The van der Waals surface area contributed by atoms with Crippen LogP contribution >= 0.6 is 23.5 Å². The van der Waals surface area contributed by atoms with Crippen molar-refractivity contribution in [2.75, 3.05) is 12.3 Å². The second-order valence-electron chi connectivity index (χ2n) is 7.72. The molecule has 1 aliphatic rings. The molecular formula is C15H22N7O12P3. The van der Waals surface area contributed by atoms with Gasteiger partial charge in [-0.3, -0.25) is 9.09 Å². The minimum absolute atomic E-state index is 0.0309. The van der Waals surface area contributed by atoms with E-state index in [0.717, 1.165) is 5.69 Å². The summed E-state index contributed by atoms with van der Waals surface area (Å²) in [5.41, 5.74) is 7.39. The average Bonchev–Trinajstić information content (AvgIpc) is 3.47. The zero-order valence-electron chi connectivity index (χ0n) is 18.5. The summed E-state index contributed by atoms with van der Waals surface area (Å²) >= 11 is 0. The summed E-state index contributed by atoms with van der Waals surface area (Å²) in [5.74, 6) is 0.608. The number of nitrogen functional groups attached to an aromatic ring is 1. The van der Waals surface area contributed by atoms with Crippen LogP contribution in [-0.2, 0) is 44.4 Å². The van der Waals surface area contributed by atoms with Crippen molar-refractivity contribution in [2.24, 2.45) is 0 Å². The van der Waals surface area contributed by atoms with Gasteiger partial charge in [-0.05, 0) is 6.42 Å². The summed E-state index contributed by atoms with van der Waals surface area (Å²) in [7, 11) is -16.6. The fraction of sp³-hybridized carbons (Fsp3) is 0.467. The number of ether oxygens (including phenoxy) is 1. The lowest BCUT2D eigenvalue weighted by Crippen LogP contribution is -2.26. The number of aryl methyl sites for hydroxylation is 2. The van der Waals surface area contributed by atoms with E-state index in [1.54, 1.807) is 10.8 Å². The third-order valence-corrected chi connectivity index (χ3v) is 8.86. The smallest absolute Gasteiger partial charge is 0.390 e. The standard InChI is InChI=1S/C15H22N7O12P3/c16-14-13-15(20-7-19-14)22(11(21-13)2-1-8-4-17-6-18-8)12-3-9(23)10(32-12)5-31-36(27,28)34-37(29,30)33-35(24,25)26/h4,6-7,9-10,12,23H,1-3,5H2,(H,17,18)(H,27,28)(H,29,30)(H2,16,19,20)(H2,24,25,26)/t9-,10+,12+/m0/s1. The van der Waals surface area contributed by atoms with Gasteiger partial charge in [0.05, 0.1) is 19.0 Å². The lowest BCUT2D eigenvalue weighted by atomic mass is 10.2. The van der Waals surface area contributed by atoms with E-state index in [1.807, 2.05) is 0 Å². The average molecular weight is 585 g/mol. The predicted molar refractivity (Wildman–Crippen MR) is 120 cm³/mol. The molecule has 22 heteroatoms. The van der Waals surface area contributed by atoms with Crippen LogP contribution < -0.4 is 5.73 Å². The molecule has 0 spiro atoms. The Bertz CT molecular complexity index is 1390. The van der Waals surface area contributed by atoms with Gasteiger partial charge >= 0.3 is 23.5 Å². The maximum Gasteiger partial charge on any atom is 0.490 e. The van der Waals surface area contributed by atoms with Crippen molar-refractivity contribution in [1.29, 1.82) is 0 Å². The van der Waals surface area contributed by atoms with Crippen molar-refractivity contribution >= 4 is 40.4 Å². The largest absolute Gasteiger partial charge is 0.490 e. The molecule has 37 heavy (non-hydrogen) atoms. The number of phosphoric ester groups is 1. The number of phosphoric acid groups is 3. The number of fused-ring (bicyclic) bond motifs is 1. The summed E-state index contributed by atoms with van der Waals surface area (Å²) in [6, 6.07) is 0. The summed E-state index contributed by atoms with van der Waals surface area (Å²) < 4.78 is 53.5. The lowest BCUT2D eigenvalue weighted by molar-refractivity contribution is -0.0431. The van der Waals surface area contributed by atoms with Crippen LogP contribution in [0.1, 0.15) is 24.2 Å². The van der Waals surface area contributed by atoms with Crippen molar-refractivity contribution < 1.29 is 56.3 Å². The van der Waals surface area contributed by atoms with Crippen LogP contribution in [0.2, 0.25) is 0 Å². The number of anilines is 1. The number of hydrogen-bond acceptors (Lipinski definition) is 13. The highest BCUT2D eigenvalue weighted by molar-refractivity contribution is 7.66. The highest BCUT2D eigenvalue weighted by Gasteiger charge is 2.43. The van der Waals surface area contributed by atoms with Crippen molar-refractivity contribution in [3.63, 3.8) is 0 Å². The fourth-order valence-corrected chi connectivity index (χ4v) is 6.64. The SMILES string of the molecule is Nc1ncnc2c1nc(CCc1cnc[nH]1)n2[C@H]1C[C@H](O)[C@@H](COP(=O)(O)OP(=O)(O)OP(=O)(O)O)O1. The number of aliphatic hydroxyl groups is 1. The van der Waals surface area contributed by atoms with Gasteiger partial charge in [0.25, 0.3) is 0 Å². The molecule has 204 valence electrons. The quantitative estimate of drug-likeness (QED) is 0.145. The number of rotatable bonds is 11. The Hall–Kier alpha value is -2.11. The van der Waals surface area contributed by atoms with E-state index in [9.17, 15) is 28.6 Å². The molecule has 1 fully saturated rings. The van der Waals surface area contributed by atoms with Crippen molar-refractivity contribution in [1.82, 2.24) is 29.5 Å². The Morgan fingerprint density at radius 2 is 1.89 bits per heavy atom. The van der Waals surface area contributed by atoms with Crippen LogP contribution in [0.4, 0.5) is 5.82 Å². The van der Waals surface area contributed by atoms with E-state index in [0.29, 0.717) is 29.8 Å². The summed E-state index contributed by atoms with van der Waals surface area (Å²) in [5, 5.41) is 10.5. The number of imidazole rings is 2. The van der Waals surface area contributed by atoms with Crippen LogP contribution in [0.3, 0.4) is 0 Å². The highest BCUT2D eigenvalue weighted by atomic mass is 31.3. The summed E-state index contributed by atoms with van der Waals surface area (Å²) in [4.78, 5) is 55.7. The molecule has 4 heterocycles. The molecule has 5 atom stereocenters. The summed E-state index contributed by atoms with van der Waals surface area (Å²) in [6.07, 6.45) is 1.93. The first-order chi connectivity index (χ1) is 17.2. The maximum absolute atomic E-state index is 12.0. The van der Waals surface area contributed by atoms with E-state index < -0.39 is 48.5 Å². The number of nitrogens with zero attached hydrogens (tertiary/aromatic N) is 5. The van der Waals surface area contributed by atoms with Crippen LogP contribution in [0.5, 0.6) is 0 Å². The number of aromatic nitrogens is 6. The molecule has 1 aliphatic heterocycles. The molecular weight excluding hydrogens is 563 g/mol. The molecule has 0 amide bonds. The van der Waals surface area contributed by atoms with Gasteiger partial charge in [-0.25, -0.2) is 33.6 Å². The Balaban J connectivity index is 1.48. The zero-order chi connectivity index (χ0) is 27.0. The molecule has 8 N–H and O–H groups in total. The molecule has 3 aromatic rings. The van der Waals surface area contributed by atoms with Crippen molar-refractivity contribution in [2.45, 2.75) is 37.7 Å². The van der Waals surface area contributed by atoms with Crippen LogP contribution in [0.25, 0.3) is 11.2 Å². The predicted octanol–water partition coefficient (Wildman–Crippen LogP) is -0.0915. The topological polar surface area (TPSA) is 288 Å². The van der Waals surface area contributed by atoms with E-state index in [-0.39, 0.29) is 12.2 Å². The summed E-state index contributed by atoms with van der Waals surface area (Å²) in [6.45, 7) is -0.811. The molecule has 3 aromatic heterocycles. The number of nitrogens with two attached hydrogens (primary N) is 1. The Labute approximate surface area is 207 Å². The lowest BCUT2D eigenvalue weighted by Gasteiger charge is -2.20. The molecule has 0 aliphatic carbocycles. The fourth-order valence-electron chi connectivity index (χ4n) is 3.61. The minimum Gasteiger partial charge on any atom is -0.390 e. The van der Waals surface area contributed by atoms with Crippen molar-refractivity contribution in [3.05, 3.63) is 30.4 Å². The van der Waals surface area contributed by atoms with E-state index in [2.05, 4.69) is 38.1 Å². The van der Waals surface area contributed by atoms with Gasteiger partial charge in [0, 0.05) is 24.7 Å². The third kappa shape index (κ3) is 7.06. The molecule has 4 rings (SSSR count). The number of H-pyrrole nitrogens is 1. The molecule has 1 saturated heterocycles. The Morgan fingerprint density at radius 3 is 2.57 bits per heavy atom. The normalized spacial score (nSPS) is 23.8. The Morgan fingerprint density at radius 1 is 1.14 bits per heavy atom. The van der Waals surface area contributed by atoms with Gasteiger partial charge in [0.15, 0.2) is 17.0 Å². The first-order valence-electron chi connectivity index (χ1n) is 10.3. The van der Waals surface area contributed by atoms with Gasteiger partial charge in [-0.1, -0.05) is 0 Å². The van der Waals surface area contributed by atoms with Gasteiger partial charge in [-0.2, -0.15) is 8.62 Å². The number of nitrogens with one attached hydrogen (secondary N) is 1. The van der Waals surface area contributed by atoms with E-state index in [4.69, 9.17) is 20.3 Å². The van der Waals surface area contributed by atoms with Crippen LogP contribution in [0, 0.1) is 0 Å². The third-order valence-electron chi connectivity index (χ3n) is 5.06. The van der Waals surface area contributed by atoms with Crippen LogP contribution in [-0.4, -0.2) is 73.0 Å². The minimum atomic E-state index is -5.68. The molecule has 0 aromatic carbocycles. The molecule has 2 unspecified atom stereocenters. The van der Waals surface area contributed by atoms with E-state index in [1.165, 1.54) is 12.7 Å². The van der Waals surface area contributed by atoms with Gasteiger partial charge < -0.3 is 40.1 Å². The van der Waals surface area contributed by atoms with Gasteiger partial charge in [0.1, 0.15) is 24.5 Å². The zero-order valence-corrected chi connectivity index (χ0v) is 21.2. The number of aromatic amines is 1. The monoisotopic (exact) mass is 585 g/mol. The van der Waals surface area contributed by atoms with Crippen molar-refractivity contribution in [3.8, 4) is 0 Å².